The summed E-state index contributed by atoms with van der Waals surface area (Å²) < 4.78 is 5.68. The summed E-state index contributed by atoms with van der Waals surface area (Å²) in [5, 5.41) is 3.52. The van der Waals surface area contributed by atoms with Crippen molar-refractivity contribution in [1.29, 1.82) is 0 Å². The average molecular weight is 478 g/mol. The molecule has 2 aliphatic carbocycles. The van der Waals surface area contributed by atoms with E-state index in [9.17, 15) is 4.79 Å². The lowest BCUT2D eigenvalue weighted by molar-refractivity contribution is 0.00928. The molecule has 1 amide bonds. The van der Waals surface area contributed by atoms with E-state index in [0.29, 0.717) is 12.0 Å². The molecule has 0 aromatic rings. The Kier molecular flexibility index (Phi) is 7.44. The van der Waals surface area contributed by atoms with Gasteiger partial charge in [0.25, 0.3) is 0 Å². The van der Waals surface area contributed by atoms with Crippen LogP contribution >= 0.6 is 24.0 Å². The fraction of sp³-hybridized carbons (Fsp3) is 0.895. The molecule has 2 saturated carbocycles. The van der Waals surface area contributed by atoms with Crippen molar-refractivity contribution in [2.75, 3.05) is 26.7 Å². The summed E-state index contributed by atoms with van der Waals surface area (Å²) in [7, 11) is 1.86. The van der Waals surface area contributed by atoms with Crippen LogP contribution in [0.2, 0.25) is 0 Å². The molecule has 0 radical (unpaired) electrons. The van der Waals surface area contributed by atoms with Gasteiger partial charge in [0.1, 0.15) is 5.60 Å². The minimum Gasteiger partial charge on any atom is -0.444 e. The topological polar surface area (TPSA) is 57.2 Å². The van der Waals surface area contributed by atoms with Crippen molar-refractivity contribution in [3.63, 3.8) is 0 Å². The van der Waals surface area contributed by atoms with E-state index >= 15 is 0 Å². The molecule has 3 aliphatic rings. The molecule has 0 spiro atoms. The molecular weight excluding hydrogens is 443 g/mol. The van der Waals surface area contributed by atoms with E-state index in [-0.39, 0.29) is 36.1 Å². The molecule has 26 heavy (non-hydrogen) atoms. The Labute approximate surface area is 175 Å². The van der Waals surface area contributed by atoms with Crippen molar-refractivity contribution in [2.24, 2.45) is 10.9 Å². The third-order valence-corrected chi connectivity index (χ3v) is 5.11. The van der Waals surface area contributed by atoms with Crippen LogP contribution in [0, 0.1) is 5.92 Å². The van der Waals surface area contributed by atoms with Gasteiger partial charge in [-0.1, -0.05) is 0 Å². The van der Waals surface area contributed by atoms with Crippen molar-refractivity contribution in [1.82, 2.24) is 15.1 Å². The fourth-order valence-corrected chi connectivity index (χ4v) is 3.37. The number of guanidine groups is 1. The molecule has 0 atom stereocenters. The molecule has 1 heterocycles. The lowest BCUT2D eigenvalue weighted by Crippen LogP contribution is -2.52. The van der Waals surface area contributed by atoms with Gasteiger partial charge in [-0.2, -0.15) is 0 Å². The van der Waals surface area contributed by atoms with E-state index in [1.54, 1.807) is 0 Å². The zero-order chi connectivity index (χ0) is 18.0. The maximum atomic E-state index is 12.7. The van der Waals surface area contributed by atoms with E-state index in [4.69, 9.17) is 4.74 Å². The van der Waals surface area contributed by atoms with Crippen molar-refractivity contribution >= 4 is 36.0 Å². The summed E-state index contributed by atoms with van der Waals surface area (Å²) in [6.07, 6.45) is 6.83. The Hall–Kier alpha value is -0.730. The third-order valence-electron chi connectivity index (χ3n) is 5.11. The number of carbonyl (C=O) groups is 1. The molecule has 3 fully saturated rings. The molecule has 0 aromatic carbocycles. The zero-order valence-electron chi connectivity index (χ0n) is 16.7. The van der Waals surface area contributed by atoms with Gasteiger partial charge in [-0.15, -0.1) is 24.0 Å². The first-order valence-corrected chi connectivity index (χ1v) is 9.83. The molecule has 1 saturated heterocycles. The first kappa shape index (κ1) is 21.6. The van der Waals surface area contributed by atoms with Crippen LogP contribution in [0.1, 0.15) is 59.3 Å². The minimum absolute atomic E-state index is 0. The smallest absolute Gasteiger partial charge is 0.410 e. The summed E-state index contributed by atoms with van der Waals surface area (Å²) in [5.41, 5.74) is -0.435. The van der Waals surface area contributed by atoms with Crippen molar-refractivity contribution in [3.05, 3.63) is 0 Å². The first-order valence-electron chi connectivity index (χ1n) is 9.83. The van der Waals surface area contributed by atoms with Gasteiger partial charge in [0.05, 0.1) is 0 Å². The van der Waals surface area contributed by atoms with E-state index < -0.39 is 5.60 Å². The first-order chi connectivity index (χ1) is 11.9. The quantitative estimate of drug-likeness (QED) is 0.382. The van der Waals surface area contributed by atoms with Crippen LogP contribution in [-0.2, 0) is 4.74 Å². The molecule has 1 aliphatic heterocycles. The highest BCUT2D eigenvalue weighted by Crippen LogP contribution is 2.32. The number of piperidine rings is 1. The van der Waals surface area contributed by atoms with E-state index in [0.717, 1.165) is 38.4 Å². The Morgan fingerprint density at radius 3 is 2.23 bits per heavy atom. The van der Waals surface area contributed by atoms with Crippen LogP contribution < -0.4 is 5.32 Å². The van der Waals surface area contributed by atoms with Crippen LogP contribution in [0.3, 0.4) is 0 Å². The van der Waals surface area contributed by atoms with Gasteiger partial charge in [0, 0.05) is 38.8 Å². The van der Waals surface area contributed by atoms with Gasteiger partial charge in [-0.25, -0.2) is 4.79 Å². The number of aliphatic imine (C=N–C) groups is 1. The molecular formula is C19H35IN4O2. The van der Waals surface area contributed by atoms with Gasteiger partial charge < -0.3 is 19.9 Å². The highest BCUT2D eigenvalue weighted by Gasteiger charge is 2.36. The molecule has 0 aromatic heterocycles. The molecule has 7 heteroatoms. The van der Waals surface area contributed by atoms with Gasteiger partial charge in [-0.3, -0.25) is 4.99 Å². The number of likely N-dealkylation sites (tertiary alicyclic amines) is 1. The molecule has 1 N–H and O–H groups in total. The molecule has 150 valence electrons. The van der Waals surface area contributed by atoms with Gasteiger partial charge in [-0.05, 0) is 65.2 Å². The largest absolute Gasteiger partial charge is 0.444 e. The number of rotatable bonds is 4. The summed E-state index contributed by atoms with van der Waals surface area (Å²) in [4.78, 5) is 21.5. The zero-order valence-corrected chi connectivity index (χ0v) is 19.0. The van der Waals surface area contributed by atoms with E-state index in [2.05, 4.69) is 15.2 Å². The number of carbonyl (C=O) groups excluding carboxylic acids is 1. The maximum absolute atomic E-state index is 12.7. The summed E-state index contributed by atoms with van der Waals surface area (Å²) >= 11 is 0. The molecule has 3 rings (SSSR count). The Morgan fingerprint density at radius 1 is 1.15 bits per heavy atom. The third kappa shape index (κ3) is 6.46. The maximum Gasteiger partial charge on any atom is 0.410 e. The SMILES string of the molecule is CN=C(NC1CC1)N1CCC(N(CC2CC2)C(=O)OC(C)(C)C)CC1.I. The highest BCUT2D eigenvalue weighted by atomic mass is 127. The Bertz CT molecular complexity index is 504. The molecule has 6 nitrogen and oxygen atoms in total. The second kappa shape index (κ2) is 8.97. The molecule has 0 unspecified atom stereocenters. The highest BCUT2D eigenvalue weighted by molar-refractivity contribution is 14.0. The Morgan fingerprint density at radius 2 is 1.77 bits per heavy atom. The normalized spacial score (nSPS) is 21.8. The van der Waals surface area contributed by atoms with Crippen LogP contribution in [0.15, 0.2) is 4.99 Å². The second-order valence-electron chi connectivity index (χ2n) is 8.76. The second-order valence-corrected chi connectivity index (χ2v) is 8.76. The number of halogens is 1. The van der Waals surface area contributed by atoms with Crippen LogP contribution in [0.25, 0.3) is 0 Å². The lowest BCUT2D eigenvalue weighted by atomic mass is 10.0. The fourth-order valence-electron chi connectivity index (χ4n) is 3.37. The van der Waals surface area contributed by atoms with E-state index in [1.807, 2.05) is 32.7 Å². The Balaban J connectivity index is 0.00000243. The number of amides is 1. The number of ether oxygens (including phenoxy) is 1. The predicted molar refractivity (Wildman–Crippen MR) is 115 cm³/mol. The number of nitrogens with one attached hydrogen (secondary N) is 1. The number of hydrogen-bond donors (Lipinski definition) is 1. The number of hydrogen-bond acceptors (Lipinski definition) is 3. The minimum atomic E-state index is -0.435. The van der Waals surface area contributed by atoms with Gasteiger partial charge in [0.2, 0.25) is 0 Å². The van der Waals surface area contributed by atoms with Crippen molar-refractivity contribution < 1.29 is 9.53 Å². The average Bonchev–Trinajstić information content (AvgIpc) is 3.44. The van der Waals surface area contributed by atoms with Crippen molar-refractivity contribution in [2.45, 2.75) is 77.0 Å². The summed E-state index contributed by atoms with van der Waals surface area (Å²) in [6, 6.07) is 0.898. The van der Waals surface area contributed by atoms with Crippen molar-refractivity contribution in [3.8, 4) is 0 Å². The summed E-state index contributed by atoms with van der Waals surface area (Å²) in [5.74, 6) is 1.70. The standard InChI is InChI=1S/C19H34N4O2.HI/c1-19(2,3)25-18(24)23(13-14-5-6-14)16-9-11-22(12-10-16)17(20-4)21-15-7-8-15;/h14-16H,5-13H2,1-4H3,(H,20,21);1H. The van der Waals surface area contributed by atoms with Gasteiger partial charge >= 0.3 is 6.09 Å². The molecule has 0 bridgehead atoms. The van der Waals surface area contributed by atoms with Crippen LogP contribution in [-0.4, -0.2) is 66.2 Å². The van der Waals surface area contributed by atoms with Gasteiger partial charge in [0.15, 0.2) is 5.96 Å². The monoisotopic (exact) mass is 478 g/mol. The van der Waals surface area contributed by atoms with Crippen LogP contribution in [0.5, 0.6) is 0 Å². The predicted octanol–water partition coefficient (Wildman–Crippen LogP) is 3.45. The lowest BCUT2D eigenvalue weighted by Gasteiger charge is -2.40. The van der Waals surface area contributed by atoms with Crippen LogP contribution in [0.4, 0.5) is 4.79 Å². The summed E-state index contributed by atoms with van der Waals surface area (Å²) in [6.45, 7) is 8.57. The number of nitrogens with zero attached hydrogens (tertiary/aromatic N) is 3. The van der Waals surface area contributed by atoms with E-state index in [1.165, 1.54) is 25.7 Å².